The van der Waals surface area contributed by atoms with Crippen molar-refractivity contribution >= 4 is 23.1 Å². The first kappa shape index (κ1) is 14.9. The molecule has 0 spiro atoms. The van der Waals surface area contributed by atoms with E-state index in [1.807, 2.05) is 47.2 Å². The molecule has 7 nitrogen and oxygen atoms in total. The summed E-state index contributed by atoms with van der Waals surface area (Å²) in [5, 5.41) is 11.1. The second-order valence-electron chi connectivity index (χ2n) is 5.62. The molecule has 1 atom stereocenters. The molecule has 124 valence electrons. The van der Waals surface area contributed by atoms with E-state index in [4.69, 9.17) is 5.11 Å². The van der Waals surface area contributed by atoms with E-state index in [0.29, 0.717) is 5.52 Å². The van der Waals surface area contributed by atoms with Gasteiger partial charge in [-0.15, -0.1) is 0 Å². The number of hydrogen-bond acceptors (Lipinski definition) is 3. The maximum Gasteiger partial charge on any atom is 0.411 e. The molecule has 1 unspecified atom stereocenters. The van der Waals surface area contributed by atoms with Crippen LogP contribution in [-0.2, 0) is 0 Å². The Morgan fingerprint density at radius 1 is 1.16 bits per heavy atom. The predicted molar refractivity (Wildman–Crippen MR) is 93.7 cm³/mol. The lowest BCUT2D eigenvalue weighted by Crippen LogP contribution is -2.10. The second-order valence-corrected chi connectivity index (χ2v) is 5.62. The van der Waals surface area contributed by atoms with Crippen molar-refractivity contribution in [1.82, 2.24) is 19.5 Å². The number of benzene rings is 2. The van der Waals surface area contributed by atoms with E-state index < -0.39 is 6.09 Å². The van der Waals surface area contributed by atoms with Crippen molar-refractivity contribution in [3.8, 4) is 0 Å². The number of hydrogen-bond donors (Lipinski definition) is 3. The number of nitrogens with one attached hydrogen (secondary N) is 2. The molecule has 0 aliphatic carbocycles. The fourth-order valence-electron chi connectivity index (χ4n) is 2.95. The van der Waals surface area contributed by atoms with E-state index in [-0.39, 0.29) is 12.0 Å². The zero-order valence-electron chi connectivity index (χ0n) is 13.1. The third-order valence-corrected chi connectivity index (χ3v) is 3.99. The summed E-state index contributed by atoms with van der Waals surface area (Å²) in [5.74, 6) is 0.207. The minimum Gasteiger partial charge on any atom is -0.465 e. The van der Waals surface area contributed by atoms with Crippen LogP contribution < -0.4 is 5.32 Å². The van der Waals surface area contributed by atoms with Crippen molar-refractivity contribution in [3.63, 3.8) is 0 Å². The second kappa shape index (κ2) is 6.12. The van der Waals surface area contributed by atoms with Gasteiger partial charge in [-0.2, -0.15) is 0 Å². The first-order valence-corrected chi connectivity index (χ1v) is 7.73. The molecule has 0 aliphatic heterocycles. The van der Waals surface area contributed by atoms with E-state index in [2.05, 4.69) is 32.4 Å². The molecule has 0 bridgehead atoms. The van der Waals surface area contributed by atoms with E-state index >= 15 is 0 Å². The monoisotopic (exact) mass is 333 g/mol. The number of aromatic nitrogens is 4. The maximum atomic E-state index is 10.8. The van der Waals surface area contributed by atoms with Crippen molar-refractivity contribution < 1.29 is 9.90 Å². The highest BCUT2D eigenvalue weighted by atomic mass is 16.4. The number of amides is 1. The normalized spacial score (nSPS) is 12.2. The minimum atomic E-state index is -1.15. The Morgan fingerprint density at radius 2 is 2.00 bits per heavy atom. The Kier molecular flexibility index (Phi) is 3.66. The van der Waals surface area contributed by atoms with Gasteiger partial charge in [-0.25, -0.2) is 14.8 Å². The summed E-state index contributed by atoms with van der Waals surface area (Å²) >= 11 is 0. The highest BCUT2D eigenvalue weighted by molar-refractivity contribution is 5.85. The molecule has 7 heteroatoms. The number of rotatable bonds is 4. The number of imidazole rings is 2. The van der Waals surface area contributed by atoms with Crippen LogP contribution in [-0.4, -0.2) is 30.7 Å². The molecular formula is C18H15N5O2. The molecule has 2 aromatic carbocycles. The summed E-state index contributed by atoms with van der Waals surface area (Å²) in [5.41, 5.74) is 3.62. The molecule has 2 aromatic heterocycles. The van der Waals surface area contributed by atoms with Crippen LogP contribution in [0.15, 0.2) is 67.3 Å². The van der Waals surface area contributed by atoms with Gasteiger partial charge in [0.1, 0.15) is 0 Å². The number of carbonyl (C=O) groups is 1. The quantitative estimate of drug-likeness (QED) is 0.533. The van der Waals surface area contributed by atoms with Crippen LogP contribution in [0.1, 0.15) is 17.2 Å². The van der Waals surface area contributed by atoms with E-state index in [1.54, 1.807) is 12.5 Å². The fourth-order valence-corrected chi connectivity index (χ4v) is 2.95. The van der Waals surface area contributed by atoms with Crippen molar-refractivity contribution in [2.24, 2.45) is 0 Å². The van der Waals surface area contributed by atoms with Crippen molar-refractivity contribution in [3.05, 3.63) is 78.4 Å². The van der Waals surface area contributed by atoms with E-state index in [9.17, 15) is 4.79 Å². The molecule has 0 radical (unpaired) electrons. The van der Waals surface area contributed by atoms with Gasteiger partial charge in [-0.05, 0) is 23.3 Å². The smallest absolute Gasteiger partial charge is 0.411 e. The standard InChI is InChI=1S/C18H15N5O2/c24-18(25)22-17-20-14-7-6-13(10-15(14)21-17)16(23-9-8-19-11-23)12-4-2-1-3-5-12/h1-11,16H,(H,24,25)(H2,20,21,22). The Hall–Kier alpha value is -3.61. The van der Waals surface area contributed by atoms with Crippen LogP contribution >= 0.6 is 0 Å². The van der Waals surface area contributed by atoms with Crippen molar-refractivity contribution in [1.29, 1.82) is 0 Å². The average molecular weight is 333 g/mol. The van der Waals surface area contributed by atoms with Crippen molar-refractivity contribution in [2.75, 3.05) is 5.32 Å². The zero-order valence-corrected chi connectivity index (χ0v) is 13.1. The van der Waals surface area contributed by atoms with E-state index in [1.165, 1.54) is 0 Å². The van der Waals surface area contributed by atoms with Gasteiger partial charge in [0.25, 0.3) is 0 Å². The van der Waals surface area contributed by atoms with Gasteiger partial charge >= 0.3 is 6.09 Å². The van der Waals surface area contributed by atoms with E-state index in [0.717, 1.165) is 16.6 Å². The molecule has 2 heterocycles. The molecule has 0 fully saturated rings. The number of aromatic amines is 1. The highest BCUT2D eigenvalue weighted by Crippen LogP contribution is 2.28. The highest BCUT2D eigenvalue weighted by Gasteiger charge is 2.17. The van der Waals surface area contributed by atoms with Crippen LogP contribution in [0.5, 0.6) is 0 Å². The number of carboxylic acid groups (broad SMARTS) is 1. The maximum absolute atomic E-state index is 10.8. The summed E-state index contributed by atoms with van der Waals surface area (Å²) in [6.07, 6.45) is 4.30. The van der Waals surface area contributed by atoms with Gasteiger partial charge < -0.3 is 14.7 Å². The van der Waals surface area contributed by atoms with Crippen LogP contribution in [0, 0.1) is 0 Å². The van der Waals surface area contributed by atoms with Gasteiger partial charge in [0.05, 0.1) is 23.4 Å². The topological polar surface area (TPSA) is 95.8 Å². The lowest BCUT2D eigenvalue weighted by Gasteiger charge is -2.19. The molecule has 0 saturated carbocycles. The summed E-state index contributed by atoms with van der Waals surface area (Å²) in [7, 11) is 0. The van der Waals surface area contributed by atoms with Gasteiger partial charge in [-0.3, -0.25) is 5.32 Å². The van der Waals surface area contributed by atoms with Crippen LogP contribution in [0.25, 0.3) is 11.0 Å². The Labute approximate surface area is 143 Å². The summed E-state index contributed by atoms with van der Waals surface area (Å²) in [6, 6.07) is 15.9. The third kappa shape index (κ3) is 2.94. The Morgan fingerprint density at radius 3 is 2.72 bits per heavy atom. The predicted octanol–water partition coefficient (Wildman–Crippen LogP) is 3.49. The number of H-pyrrole nitrogens is 1. The molecule has 1 amide bonds. The molecule has 4 rings (SSSR count). The zero-order chi connectivity index (χ0) is 17.2. The largest absolute Gasteiger partial charge is 0.465 e. The number of nitrogens with zero attached hydrogens (tertiary/aromatic N) is 3. The lowest BCUT2D eigenvalue weighted by atomic mass is 9.98. The first-order chi connectivity index (χ1) is 12.2. The Bertz CT molecular complexity index is 1010. The van der Waals surface area contributed by atoms with Gasteiger partial charge in [-0.1, -0.05) is 36.4 Å². The molecule has 3 N–H and O–H groups in total. The van der Waals surface area contributed by atoms with Crippen LogP contribution in [0.2, 0.25) is 0 Å². The number of fused-ring (bicyclic) bond motifs is 1. The molecular weight excluding hydrogens is 318 g/mol. The number of anilines is 1. The molecule has 4 aromatic rings. The summed E-state index contributed by atoms with van der Waals surface area (Å²) in [6.45, 7) is 0. The fraction of sp³-hybridized carbons (Fsp3) is 0.0556. The molecule has 0 aliphatic rings. The third-order valence-electron chi connectivity index (χ3n) is 3.99. The average Bonchev–Trinajstić information content (AvgIpc) is 3.24. The Balaban J connectivity index is 1.80. The van der Waals surface area contributed by atoms with Gasteiger partial charge in [0, 0.05) is 12.4 Å². The molecule has 0 saturated heterocycles. The molecule has 25 heavy (non-hydrogen) atoms. The van der Waals surface area contributed by atoms with Gasteiger partial charge in [0.15, 0.2) is 0 Å². The van der Waals surface area contributed by atoms with Crippen LogP contribution in [0.4, 0.5) is 10.7 Å². The van der Waals surface area contributed by atoms with Crippen molar-refractivity contribution in [2.45, 2.75) is 6.04 Å². The SMILES string of the molecule is O=C(O)Nc1nc2cc(C(c3ccccc3)n3ccnc3)ccc2[nH]1. The minimum absolute atomic E-state index is 0.0410. The van der Waals surface area contributed by atoms with Gasteiger partial charge in [0.2, 0.25) is 5.95 Å². The summed E-state index contributed by atoms with van der Waals surface area (Å²) < 4.78 is 2.03. The summed E-state index contributed by atoms with van der Waals surface area (Å²) in [4.78, 5) is 22.2. The lowest BCUT2D eigenvalue weighted by molar-refractivity contribution is 0.209. The van der Waals surface area contributed by atoms with Crippen LogP contribution in [0.3, 0.4) is 0 Å². The first-order valence-electron chi connectivity index (χ1n) is 7.73.